The van der Waals surface area contributed by atoms with Gasteiger partial charge in [-0.25, -0.2) is 9.97 Å². The van der Waals surface area contributed by atoms with Crippen LogP contribution in [-0.2, 0) is 11.2 Å². The third-order valence-electron chi connectivity index (χ3n) is 3.68. The largest absolute Gasteiger partial charge is 0.353 e. The SMILES string of the molecule is C[C@H](CCc1ccccc1)NC(=O)CSc1ncnc2sccc12. The van der Waals surface area contributed by atoms with Gasteiger partial charge in [-0.3, -0.25) is 4.79 Å². The highest BCUT2D eigenvalue weighted by Gasteiger charge is 2.11. The molecule has 0 aliphatic heterocycles. The second-order valence-electron chi connectivity index (χ2n) is 5.60. The first-order valence-corrected chi connectivity index (χ1v) is 9.73. The van der Waals surface area contributed by atoms with Gasteiger partial charge in [0.05, 0.1) is 5.75 Å². The van der Waals surface area contributed by atoms with Crippen molar-refractivity contribution in [1.29, 1.82) is 0 Å². The molecule has 0 spiro atoms. The summed E-state index contributed by atoms with van der Waals surface area (Å²) < 4.78 is 0. The quantitative estimate of drug-likeness (QED) is 0.514. The first kappa shape index (κ1) is 16.9. The summed E-state index contributed by atoms with van der Waals surface area (Å²) in [5, 5.41) is 6.95. The molecule has 1 atom stereocenters. The fourth-order valence-corrected chi connectivity index (χ4v) is 4.02. The van der Waals surface area contributed by atoms with E-state index >= 15 is 0 Å². The first-order chi connectivity index (χ1) is 11.7. The van der Waals surface area contributed by atoms with E-state index in [1.165, 1.54) is 17.3 Å². The van der Waals surface area contributed by atoms with Gasteiger partial charge in [-0.1, -0.05) is 42.1 Å². The lowest BCUT2D eigenvalue weighted by Crippen LogP contribution is -2.34. The van der Waals surface area contributed by atoms with Crippen LogP contribution < -0.4 is 5.32 Å². The smallest absolute Gasteiger partial charge is 0.230 e. The van der Waals surface area contributed by atoms with Crippen molar-refractivity contribution in [2.45, 2.75) is 30.8 Å². The molecule has 0 saturated carbocycles. The Bertz CT molecular complexity index is 804. The monoisotopic (exact) mass is 357 g/mol. The molecule has 0 aliphatic carbocycles. The highest BCUT2D eigenvalue weighted by Crippen LogP contribution is 2.27. The van der Waals surface area contributed by atoms with Crippen LogP contribution in [-0.4, -0.2) is 27.7 Å². The zero-order valence-corrected chi connectivity index (χ0v) is 15.1. The van der Waals surface area contributed by atoms with Crippen LogP contribution in [0.2, 0.25) is 0 Å². The number of benzene rings is 1. The molecule has 2 heterocycles. The van der Waals surface area contributed by atoms with Crippen LogP contribution >= 0.6 is 23.1 Å². The molecule has 3 rings (SSSR count). The molecule has 1 amide bonds. The summed E-state index contributed by atoms with van der Waals surface area (Å²) in [5.74, 6) is 0.417. The minimum Gasteiger partial charge on any atom is -0.353 e. The van der Waals surface area contributed by atoms with E-state index in [0.717, 1.165) is 28.1 Å². The Balaban J connectivity index is 1.46. The Hall–Kier alpha value is -1.92. The molecule has 0 radical (unpaired) electrons. The zero-order valence-electron chi connectivity index (χ0n) is 13.4. The van der Waals surface area contributed by atoms with Gasteiger partial charge in [0.25, 0.3) is 0 Å². The number of carbonyl (C=O) groups excluding carboxylic acids is 1. The maximum atomic E-state index is 12.1. The maximum Gasteiger partial charge on any atom is 0.230 e. The third kappa shape index (κ3) is 4.55. The van der Waals surface area contributed by atoms with Crippen molar-refractivity contribution >= 4 is 39.2 Å². The summed E-state index contributed by atoms with van der Waals surface area (Å²) in [6.45, 7) is 2.05. The van der Waals surface area contributed by atoms with E-state index in [4.69, 9.17) is 0 Å². The van der Waals surface area contributed by atoms with E-state index in [9.17, 15) is 4.79 Å². The first-order valence-electron chi connectivity index (χ1n) is 7.86. The molecule has 2 aromatic heterocycles. The van der Waals surface area contributed by atoms with Crippen molar-refractivity contribution in [3.05, 3.63) is 53.7 Å². The predicted molar refractivity (Wildman–Crippen MR) is 101 cm³/mol. The second-order valence-corrected chi connectivity index (χ2v) is 7.46. The van der Waals surface area contributed by atoms with Crippen molar-refractivity contribution in [3.8, 4) is 0 Å². The number of thiophene rings is 1. The number of nitrogens with zero attached hydrogens (tertiary/aromatic N) is 2. The van der Waals surface area contributed by atoms with Crippen LogP contribution in [0.15, 0.2) is 53.1 Å². The molecule has 124 valence electrons. The third-order valence-corrected chi connectivity index (χ3v) is 5.51. The van der Waals surface area contributed by atoms with Crippen LogP contribution in [0.5, 0.6) is 0 Å². The number of aryl methyl sites for hydroxylation is 1. The highest BCUT2D eigenvalue weighted by atomic mass is 32.2. The lowest BCUT2D eigenvalue weighted by molar-refractivity contribution is -0.119. The van der Waals surface area contributed by atoms with Crippen molar-refractivity contribution in [2.75, 3.05) is 5.75 Å². The average molecular weight is 358 g/mol. The van der Waals surface area contributed by atoms with Gasteiger partial charge in [-0.2, -0.15) is 0 Å². The summed E-state index contributed by atoms with van der Waals surface area (Å²) in [7, 11) is 0. The van der Waals surface area contributed by atoms with Crippen molar-refractivity contribution in [3.63, 3.8) is 0 Å². The van der Waals surface area contributed by atoms with Gasteiger partial charge in [-0.15, -0.1) is 11.3 Å². The molecule has 1 aromatic carbocycles. The Morgan fingerprint density at radius 3 is 2.92 bits per heavy atom. The van der Waals surface area contributed by atoms with E-state index in [0.29, 0.717) is 5.75 Å². The lowest BCUT2D eigenvalue weighted by Gasteiger charge is -2.13. The summed E-state index contributed by atoms with van der Waals surface area (Å²) in [5.41, 5.74) is 1.30. The Morgan fingerprint density at radius 2 is 2.08 bits per heavy atom. The molecule has 0 bridgehead atoms. The van der Waals surface area contributed by atoms with Crippen molar-refractivity contribution in [2.24, 2.45) is 0 Å². The summed E-state index contributed by atoms with van der Waals surface area (Å²) in [6, 6.07) is 12.5. The molecule has 24 heavy (non-hydrogen) atoms. The van der Waals surface area contributed by atoms with Crippen molar-refractivity contribution < 1.29 is 4.79 Å². The number of carbonyl (C=O) groups is 1. The normalized spacial score (nSPS) is 12.2. The number of aromatic nitrogens is 2. The van der Waals surface area contributed by atoms with Crippen molar-refractivity contribution in [1.82, 2.24) is 15.3 Å². The van der Waals surface area contributed by atoms with Crippen LogP contribution in [0.4, 0.5) is 0 Å². The van der Waals surface area contributed by atoms with Gasteiger partial charge in [0.2, 0.25) is 5.91 Å². The second kappa shape index (κ2) is 8.26. The van der Waals surface area contributed by atoms with E-state index < -0.39 is 0 Å². The van der Waals surface area contributed by atoms with Crippen LogP contribution in [0, 0.1) is 0 Å². The van der Waals surface area contributed by atoms with Gasteiger partial charge < -0.3 is 5.32 Å². The maximum absolute atomic E-state index is 12.1. The molecule has 4 nitrogen and oxygen atoms in total. The summed E-state index contributed by atoms with van der Waals surface area (Å²) in [4.78, 5) is 21.6. The Kier molecular flexibility index (Phi) is 5.82. The standard InChI is InChI=1S/C18H19N3OS2/c1-13(7-8-14-5-3-2-4-6-14)21-16(22)11-24-18-15-9-10-23-17(15)19-12-20-18/h2-6,9-10,12-13H,7-8,11H2,1H3,(H,21,22)/t13-/m1/s1. The van der Waals surface area contributed by atoms with Gasteiger partial charge in [0, 0.05) is 11.4 Å². The van der Waals surface area contributed by atoms with Gasteiger partial charge in [0.15, 0.2) is 0 Å². The topological polar surface area (TPSA) is 54.9 Å². The molecule has 3 aromatic rings. The van der Waals surface area contributed by atoms with E-state index in [2.05, 4.69) is 27.4 Å². The number of thioether (sulfide) groups is 1. The van der Waals surface area contributed by atoms with Crippen LogP contribution in [0.3, 0.4) is 0 Å². The van der Waals surface area contributed by atoms with Gasteiger partial charge in [-0.05, 0) is 36.8 Å². The molecular weight excluding hydrogens is 338 g/mol. The van der Waals surface area contributed by atoms with Gasteiger partial charge >= 0.3 is 0 Å². The fourth-order valence-electron chi connectivity index (χ4n) is 2.43. The predicted octanol–water partition coefficient (Wildman–Crippen LogP) is 3.92. The highest BCUT2D eigenvalue weighted by molar-refractivity contribution is 8.00. The molecule has 0 saturated heterocycles. The van der Waals surface area contributed by atoms with Crippen LogP contribution in [0.25, 0.3) is 10.2 Å². The Labute approximate surface area is 149 Å². The van der Waals surface area contributed by atoms with Crippen LogP contribution in [0.1, 0.15) is 18.9 Å². The summed E-state index contributed by atoms with van der Waals surface area (Å²) in [6.07, 6.45) is 3.46. The minimum atomic E-state index is 0.0440. The number of fused-ring (bicyclic) bond motifs is 1. The van der Waals surface area contributed by atoms with Gasteiger partial charge in [0.1, 0.15) is 16.2 Å². The molecular formula is C18H19N3OS2. The molecule has 0 unspecified atom stereocenters. The molecule has 6 heteroatoms. The average Bonchev–Trinajstić information content (AvgIpc) is 3.08. The number of rotatable bonds is 7. The number of nitrogens with one attached hydrogen (secondary N) is 1. The fraction of sp³-hybridized carbons (Fsp3) is 0.278. The Morgan fingerprint density at radius 1 is 1.25 bits per heavy atom. The van der Waals surface area contributed by atoms with E-state index in [-0.39, 0.29) is 11.9 Å². The van der Waals surface area contributed by atoms with E-state index in [1.54, 1.807) is 17.7 Å². The summed E-state index contributed by atoms with van der Waals surface area (Å²) >= 11 is 3.05. The molecule has 0 fully saturated rings. The lowest BCUT2D eigenvalue weighted by atomic mass is 10.1. The number of hydrogen-bond donors (Lipinski definition) is 1. The molecule has 1 N–H and O–H groups in total. The van der Waals surface area contributed by atoms with E-state index in [1.807, 2.05) is 36.6 Å². The zero-order chi connectivity index (χ0) is 16.8. The number of amides is 1. The molecule has 0 aliphatic rings. The number of hydrogen-bond acceptors (Lipinski definition) is 5. The minimum absolute atomic E-state index is 0.0440.